The lowest BCUT2D eigenvalue weighted by atomic mass is 10.1. The standard InChI is InChI=1S/C20H22N4O3S2/c1-4-27-18(26)10-15-11-28-19(22-15)23-17(25)12-29-20-21-7-8-24(20)16-9-13(2)5-6-14(16)3/h5-9,11H,4,10,12H2,1-3H3,(H,22,23,25). The van der Waals surface area contributed by atoms with Crippen LogP contribution >= 0.6 is 23.1 Å². The van der Waals surface area contributed by atoms with Gasteiger partial charge in [0.1, 0.15) is 0 Å². The maximum absolute atomic E-state index is 12.3. The molecular weight excluding hydrogens is 408 g/mol. The molecule has 0 spiro atoms. The Labute approximate surface area is 177 Å². The maximum atomic E-state index is 12.3. The number of nitrogens with zero attached hydrogens (tertiary/aromatic N) is 3. The lowest BCUT2D eigenvalue weighted by Gasteiger charge is -2.11. The Hall–Kier alpha value is -2.65. The van der Waals surface area contributed by atoms with Crippen molar-refractivity contribution in [3.63, 3.8) is 0 Å². The van der Waals surface area contributed by atoms with E-state index in [4.69, 9.17) is 4.74 Å². The Kier molecular flexibility index (Phi) is 7.05. The number of anilines is 1. The van der Waals surface area contributed by atoms with Gasteiger partial charge >= 0.3 is 5.97 Å². The fraction of sp³-hybridized carbons (Fsp3) is 0.300. The van der Waals surface area contributed by atoms with Crippen molar-refractivity contribution in [1.29, 1.82) is 0 Å². The molecule has 0 atom stereocenters. The number of carbonyl (C=O) groups is 2. The molecule has 0 saturated heterocycles. The summed E-state index contributed by atoms with van der Waals surface area (Å²) in [4.78, 5) is 32.5. The summed E-state index contributed by atoms with van der Waals surface area (Å²) in [5.41, 5.74) is 3.93. The number of carbonyl (C=O) groups excluding carboxylic acids is 2. The van der Waals surface area contributed by atoms with Gasteiger partial charge in [0, 0.05) is 17.8 Å². The number of ether oxygens (including phenoxy) is 1. The van der Waals surface area contributed by atoms with E-state index < -0.39 is 0 Å². The molecule has 3 aromatic rings. The van der Waals surface area contributed by atoms with Crippen LogP contribution in [0.3, 0.4) is 0 Å². The van der Waals surface area contributed by atoms with E-state index >= 15 is 0 Å². The van der Waals surface area contributed by atoms with Crippen LogP contribution in [0.1, 0.15) is 23.7 Å². The number of aryl methyl sites for hydroxylation is 2. The zero-order valence-electron chi connectivity index (χ0n) is 16.5. The molecule has 2 aromatic heterocycles. The van der Waals surface area contributed by atoms with Gasteiger partial charge in [-0.2, -0.15) is 0 Å². The third-order valence-electron chi connectivity index (χ3n) is 3.99. The third-order valence-corrected chi connectivity index (χ3v) is 5.77. The molecule has 0 aliphatic heterocycles. The van der Waals surface area contributed by atoms with Crippen molar-refractivity contribution in [3.05, 3.63) is 52.8 Å². The Morgan fingerprint density at radius 2 is 2.14 bits per heavy atom. The van der Waals surface area contributed by atoms with Crippen molar-refractivity contribution >= 4 is 40.1 Å². The molecule has 0 aliphatic rings. The van der Waals surface area contributed by atoms with Crippen molar-refractivity contribution < 1.29 is 14.3 Å². The van der Waals surface area contributed by atoms with Crippen LogP contribution in [0.25, 0.3) is 5.69 Å². The Balaban J connectivity index is 1.58. The number of rotatable bonds is 8. The lowest BCUT2D eigenvalue weighted by Crippen LogP contribution is -2.14. The van der Waals surface area contributed by atoms with E-state index in [1.54, 1.807) is 18.5 Å². The van der Waals surface area contributed by atoms with E-state index in [2.05, 4.69) is 33.5 Å². The second kappa shape index (κ2) is 9.71. The van der Waals surface area contributed by atoms with Crippen molar-refractivity contribution in [2.45, 2.75) is 32.3 Å². The highest BCUT2D eigenvalue weighted by molar-refractivity contribution is 7.99. The predicted octanol–water partition coefficient (Wildman–Crippen LogP) is 3.78. The number of hydrogen-bond acceptors (Lipinski definition) is 7. The minimum absolute atomic E-state index is 0.0994. The average Bonchev–Trinajstić information content (AvgIpc) is 3.31. The van der Waals surface area contributed by atoms with Crippen molar-refractivity contribution in [2.75, 3.05) is 17.7 Å². The zero-order valence-corrected chi connectivity index (χ0v) is 18.1. The van der Waals surface area contributed by atoms with Gasteiger partial charge in [-0.05, 0) is 38.0 Å². The average molecular weight is 431 g/mol. The monoisotopic (exact) mass is 430 g/mol. The number of hydrogen-bond donors (Lipinski definition) is 1. The van der Waals surface area contributed by atoms with Gasteiger partial charge in [-0.15, -0.1) is 11.3 Å². The smallest absolute Gasteiger partial charge is 0.311 e. The SMILES string of the molecule is CCOC(=O)Cc1csc(NC(=O)CSc2nccn2-c2cc(C)ccc2C)n1. The van der Waals surface area contributed by atoms with Crippen LogP contribution in [-0.4, -0.2) is 38.8 Å². The molecule has 7 nitrogen and oxygen atoms in total. The summed E-state index contributed by atoms with van der Waals surface area (Å²) in [6.45, 7) is 6.19. The first-order chi connectivity index (χ1) is 14.0. The maximum Gasteiger partial charge on any atom is 0.311 e. The number of benzene rings is 1. The van der Waals surface area contributed by atoms with E-state index in [-0.39, 0.29) is 24.1 Å². The molecular formula is C20H22N4O3S2. The number of nitrogens with one attached hydrogen (secondary N) is 1. The molecule has 2 heterocycles. The normalized spacial score (nSPS) is 10.7. The number of amides is 1. The van der Waals surface area contributed by atoms with Gasteiger partial charge in [0.2, 0.25) is 5.91 Å². The summed E-state index contributed by atoms with van der Waals surface area (Å²) in [6, 6.07) is 6.24. The molecule has 29 heavy (non-hydrogen) atoms. The predicted molar refractivity (Wildman–Crippen MR) is 115 cm³/mol. The molecule has 1 amide bonds. The highest BCUT2D eigenvalue weighted by atomic mass is 32.2. The van der Waals surface area contributed by atoms with Crippen LogP contribution in [0.4, 0.5) is 5.13 Å². The minimum atomic E-state index is -0.329. The highest BCUT2D eigenvalue weighted by Gasteiger charge is 2.13. The number of esters is 1. The lowest BCUT2D eigenvalue weighted by molar-refractivity contribution is -0.142. The molecule has 0 bridgehead atoms. The number of imidazole rings is 1. The van der Waals surface area contributed by atoms with Crippen LogP contribution in [-0.2, 0) is 20.7 Å². The van der Waals surface area contributed by atoms with E-state index in [9.17, 15) is 9.59 Å². The zero-order chi connectivity index (χ0) is 20.8. The Morgan fingerprint density at radius 1 is 1.31 bits per heavy atom. The van der Waals surface area contributed by atoms with E-state index in [0.717, 1.165) is 22.0 Å². The van der Waals surface area contributed by atoms with E-state index in [1.807, 2.05) is 24.6 Å². The first-order valence-electron chi connectivity index (χ1n) is 9.10. The van der Waals surface area contributed by atoms with Gasteiger partial charge in [-0.1, -0.05) is 23.9 Å². The summed E-state index contributed by atoms with van der Waals surface area (Å²) in [5.74, 6) is -0.304. The van der Waals surface area contributed by atoms with Gasteiger partial charge in [0.25, 0.3) is 0 Å². The second-order valence-corrected chi connectivity index (χ2v) is 8.13. The molecule has 0 aliphatic carbocycles. The summed E-state index contributed by atoms with van der Waals surface area (Å²) in [5, 5.41) is 5.72. The van der Waals surface area contributed by atoms with E-state index in [1.165, 1.54) is 23.1 Å². The molecule has 3 rings (SSSR count). The first-order valence-corrected chi connectivity index (χ1v) is 11.0. The summed E-state index contributed by atoms with van der Waals surface area (Å²) >= 11 is 2.64. The third kappa shape index (κ3) is 5.68. The van der Waals surface area contributed by atoms with Crippen LogP contribution < -0.4 is 5.32 Å². The molecule has 0 saturated carbocycles. The van der Waals surface area contributed by atoms with Crippen molar-refractivity contribution in [3.8, 4) is 5.69 Å². The van der Waals surface area contributed by atoms with Crippen LogP contribution in [0.15, 0.2) is 41.1 Å². The fourth-order valence-corrected chi connectivity index (χ4v) is 4.14. The fourth-order valence-electron chi connectivity index (χ4n) is 2.65. The molecule has 0 fully saturated rings. The van der Waals surface area contributed by atoms with Crippen LogP contribution in [0.2, 0.25) is 0 Å². The topological polar surface area (TPSA) is 86.1 Å². The number of aromatic nitrogens is 3. The quantitative estimate of drug-likeness (QED) is 0.432. The van der Waals surface area contributed by atoms with Crippen LogP contribution in [0, 0.1) is 13.8 Å². The van der Waals surface area contributed by atoms with Crippen LogP contribution in [0.5, 0.6) is 0 Å². The number of thiazole rings is 1. The molecule has 1 aromatic carbocycles. The minimum Gasteiger partial charge on any atom is -0.466 e. The van der Waals surface area contributed by atoms with Crippen molar-refractivity contribution in [2.24, 2.45) is 0 Å². The summed E-state index contributed by atoms with van der Waals surface area (Å²) in [6.07, 6.45) is 3.72. The van der Waals surface area contributed by atoms with Crippen molar-refractivity contribution in [1.82, 2.24) is 14.5 Å². The second-order valence-electron chi connectivity index (χ2n) is 6.33. The van der Waals surface area contributed by atoms with Gasteiger partial charge in [0.15, 0.2) is 10.3 Å². The molecule has 9 heteroatoms. The summed E-state index contributed by atoms with van der Waals surface area (Å²) in [7, 11) is 0. The highest BCUT2D eigenvalue weighted by Crippen LogP contribution is 2.24. The molecule has 1 N–H and O–H groups in total. The Morgan fingerprint density at radius 3 is 2.93 bits per heavy atom. The summed E-state index contributed by atoms with van der Waals surface area (Å²) < 4.78 is 6.89. The first kappa shape index (κ1) is 21.1. The molecule has 152 valence electrons. The van der Waals surface area contributed by atoms with Gasteiger partial charge in [0.05, 0.1) is 30.2 Å². The van der Waals surface area contributed by atoms with Gasteiger partial charge in [-0.25, -0.2) is 9.97 Å². The molecule has 0 radical (unpaired) electrons. The van der Waals surface area contributed by atoms with Gasteiger partial charge < -0.3 is 10.1 Å². The molecule has 0 unspecified atom stereocenters. The number of thioether (sulfide) groups is 1. The largest absolute Gasteiger partial charge is 0.466 e. The van der Waals surface area contributed by atoms with E-state index in [0.29, 0.717) is 17.4 Å². The Bertz CT molecular complexity index is 1010. The van der Waals surface area contributed by atoms with Gasteiger partial charge in [-0.3, -0.25) is 14.2 Å².